The molecule has 0 N–H and O–H groups in total. The fourth-order valence-corrected chi connectivity index (χ4v) is 3.12. The van der Waals surface area contributed by atoms with Crippen LogP contribution in [0.3, 0.4) is 0 Å². The number of halogens is 1. The maximum atomic E-state index is 5.75. The van der Waals surface area contributed by atoms with E-state index in [9.17, 15) is 0 Å². The van der Waals surface area contributed by atoms with E-state index in [1.807, 2.05) is 0 Å². The first kappa shape index (κ1) is 12.6. The normalized spacial score (nSPS) is 23.6. The first-order chi connectivity index (χ1) is 8.77. The summed E-state index contributed by atoms with van der Waals surface area (Å²) in [6, 6.07) is 8.43. The number of nitrogens with zero attached hydrogens (tertiary/aromatic N) is 1. The lowest BCUT2D eigenvalue weighted by atomic mass is 10.0. The van der Waals surface area contributed by atoms with E-state index in [4.69, 9.17) is 9.47 Å². The van der Waals surface area contributed by atoms with Crippen LogP contribution in [-0.4, -0.2) is 37.0 Å². The van der Waals surface area contributed by atoms with Crippen LogP contribution in [-0.2, 0) is 16.0 Å². The van der Waals surface area contributed by atoms with Gasteiger partial charge in [0.2, 0.25) is 0 Å². The van der Waals surface area contributed by atoms with E-state index in [0.717, 1.165) is 45.7 Å². The Labute approximate surface area is 116 Å². The summed E-state index contributed by atoms with van der Waals surface area (Å²) in [5.41, 5.74) is 1.35. The number of rotatable bonds is 2. The Hall–Kier alpha value is -0.420. The quantitative estimate of drug-likeness (QED) is 0.838. The lowest BCUT2D eigenvalue weighted by molar-refractivity contribution is -0.185. The van der Waals surface area contributed by atoms with Gasteiger partial charge in [-0.1, -0.05) is 34.1 Å². The van der Waals surface area contributed by atoms with Gasteiger partial charge in [0, 0.05) is 36.9 Å². The molecule has 1 spiro atoms. The number of piperidine rings is 1. The minimum Gasteiger partial charge on any atom is -0.347 e. The van der Waals surface area contributed by atoms with Crippen molar-refractivity contribution in [3.8, 4) is 0 Å². The molecule has 3 rings (SSSR count). The molecule has 2 aliphatic rings. The predicted octanol–water partition coefficient (Wildman–Crippen LogP) is 2.79. The molecule has 2 fully saturated rings. The molecule has 0 saturated carbocycles. The summed E-state index contributed by atoms with van der Waals surface area (Å²) < 4.78 is 12.7. The number of ether oxygens (including phenoxy) is 2. The van der Waals surface area contributed by atoms with Crippen LogP contribution in [0.4, 0.5) is 0 Å². The second-order valence-corrected chi connectivity index (χ2v) is 5.83. The number of likely N-dealkylation sites (tertiary alicyclic amines) is 1. The Bertz CT molecular complexity index is 408. The molecule has 2 aliphatic heterocycles. The molecule has 4 heteroatoms. The van der Waals surface area contributed by atoms with Crippen LogP contribution in [0.2, 0.25) is 0 Å². The summed E-state index contributed by atoms with van der Waals surface area (Å²) in [5.74, 6) is -0.260. The number of benzene rings is 1. The van der Waals surface area contributed by atoms with Gasteiger partial charge in [0.15, 0.2) is 5.79 Å². The third-order valence-electron chi connectivity index (χ3n) is 3.78. The van der Waals surface area contributed by atoms with Crippen molar-refractivity contribution in [1.82, 2.24) is 4.90 Å². The van der Waals surface area contributed by atoms with Crippen molar-refractivity contribution in [2.24, 2.45) is 0 Å². The molecule has 0 bridgehead atoms. The van der Waals surface area contributed by atoms with E-state index < -0.39 is 0 Å². The molecule has 0 unspecified atom stereocenters. The van der Waals surface area contributed by atoms with Crippen molar-refractivity contribution in [1.29, 1.82) is 0 Å². The average molecular weight is 312 g/mol. The average Bonchev–Trinajstić information content (AvgIpc) is 2.84. The van der Waals surface area contributed by atoms with Gasteiger partial charge < -0.3 is 9.47 Å². The fourth-order valence-electron chi connectivity index (χ4n) is 2.71. The highest BCUT2D eigenvalue weighted by molar-refractivity contribution is 9.10. The molecule has 0 aliphatic carbocycles. The molecule has 2 saturated heterocycles. The minimum absolute atomic E-state index is 0.260. The van der Waals surface area contributed by atoms with Gasteiger partial charge in [-0.15, -0.1) is 0 Å². The molecule has 0 aromatic heterocycles. The first-order valence-corrected chi connectivity index (χ1v) is 7.30. The molecule has 1 aromatic rings. The van der Waals surface area contributed by atoms with Crippen molar-refractivity contribution >= 4 is 15.9 Å². The van der Waals surface area contributed by atoms with Crippen LogP contribution in [0, 0.1) is 0 Å². The summed E-state index contributed by atoms with van der Waals surface area (Å²) >= 11 is 3.61. The maximum Gasteiger partial charge on any atom is 0.170 e. The zero-order valence-electron chi connectivity index (χ0n) is 10.4. The Balaban J connectivity index is 1.59. The van der Waals surface area contributed by atoms with Gasteiger partial charge in [0.1, 0.15) is 0 Å². The standard InChI is InChI=1S/C14H18BrNO2/c15-13-4-2-1-3-12(13)11-16-7-5-14(6-8-16)17-9-10-18-14/h1-4H,5-11H2. The summed E-state index contributed by atoms with van der Waals surface area (Å²) in [4.78, 5) is 2.47. The van der Waals surface area contributed by atoms with Crippen LogP contribution < -0.4 is 0 Å². The van der Waals surface area contributed by atoms with E-state index in [2.05, 4.69) is 45.1 Å². The Morgan fingerprint density at radius 1 is 1.11 bits per heavy atom. The van der Waals surface area contributed by atoms with Gasteiger partial charge in [-0.3, -0.25) is 4.90 Å². The van der Waals surface area contributed by atoms with Crippen LogP contribution >= 0.6 is 15.9 Å². The molecule has 2 heterocycles. The maximum absolute atomic E-state index is 5.75. The highest BCUT2D eigenvalue weighted by Crippen LogP contribution is 2.32. The monoisotopic (exact) mass is 311 g/mol. The van der Waals surface area contributed by atoms with E-state index in [1.54, 1.807) is 0 Å². The second-order valence-electron chi connectivity index (χ2n) is 4.98. The van der Waals surface area contributed by atoms with E-state index in [0.29, 0.717) is 0 Å². The summed E-state index contributed by atoms with van der Waals surface area (Å²) in [6.07, 6.45) is 1.97. The zero-order chi connectivity index (χ0) is 12.4. The van der Waals surface area contributed by atoms with Gasteiger partial charge in [-0.05, 0) is 11.6 Å². The lowest BCUT2D eigenvalue weighted by Crippen LogP contribution is -2.44. The Morgan fingerprint density at radius 2 is 1.78 bits per heavy atom. The highest BCUT2D eigenvalue weighted by Gasteiger charge is 2.39. The van der Waals surface area contributed by atoms with Crippen molar-refractivity contribution in [2.75, 3.05) is 26.3 Å². The largest absolute Gasteiger partial charge is 0.347 e. The topological polar surface area (TPSA) is 21.7 Å². The highest BCUT2D eigenvalue weighted by atomic mass is 79.9. The SMILES string of the molecule is Brc1ccccc1CN1CCC2(CC1)OCCO2. The van der Waals surface area contributed by atoms with E-state index in [-0.39, 0.29) is 5.79 Å². The van der Waals surface area contributed by atoms with Crippen LogP contribution in [0.1, 0.15) is 18.4 Å². The molecular formula is C14H18BrNO2. The third kappa shape index (κ3) is 2.62. The van der Waals surface area contributed by atoms with Crippen molar-refractivity contribution < 1.29 is 9.47 Å². The van der Waals surface area contributed by atoms with Crippen molar-refractivity contribution in [2.45, 2.75) is 25.2 Å². The first-order valence-electron chi connectivity index (χ1n) is 6.51. The van der Waals surface area contributed by atoms with Gasteiger partial charge >= 0.3 is 0 Å². The van der Waals surface area contributed by atoms with E-state index >= 15 is 0 Å². The molecular weight excluding hydrogens is 294 g/mol. The van der Waals surface area contributed by atoms with Gasteiger partial charge in [0.05, 0.1) is 13.2 Å². The van der Waals surface area contributed by atoms with Crippen molar-refractivity contribution in [3.63, 3.8) is 0 Å². The van der Waals surface area contributed by atoms with Crippen LogP contribution in [0.25, 0.3) is 0 Å². The summed E-state index contributed by atoms with van der Waals surface area (Å²) in [6.45, 7) is 4.59. The number of hydrogen-bond acceptors (Lipinski definition) is 3. The second kappa shape index (κ2) is 5.29. The molecule has 3 nitrogen and oxygen atoms in total. The third-order valence-corrected chi connectivity index (χ3v) is 4.56. The van der Waals surface area contributed by atoms with Crippen LogP contribution in [0.5, 0.6) is 0 Å². The summed E-state index contributed by atoms with van der Waals surface area (Å²) in [7, 11) is 0. The van der Waals surface area contributed by atoms with Crippen LogP contribution in [0.15, 0.2) is 28.7 Å². The van der Waals surface area contributed by atoms with Crippen molar-refractivity contribution in [3.05, 3.63) is 34.3 Å². The molecule has 1 aromatic carbocycles. The zero-order valence-corrected chi connectivity index (χ0v) is 12.0. The summed E-state index contributed by atoms with van der Waals surface area (Å²) in [5, 5.41) is 0. The van der Waals surface area contributed by atoms with Gasteiger partial charge in [0.25, 0.3) is 0 Å². The van der Waals surface area contributed by atoms with Gasteiger partial charge in [-0.25, -0.2) is 0 Å². The lowest BCUT2D eigenvalue weighted by Gasteiger charge is -2.37. The molecule has 98 valence electrons. The molecule has 0 radical (unpaired) electrons. The minimum atomic E-state index is -0.260. The Morgan fingerprint density at radius 3 is 2.44 bits per heavy atom. The molecule has 18 heavy (non-hydrogen) atoms. The predicted molar refractivity (Wildman–Crippen MR) is 73.3 cm³/mol. The van der Waals surface area contributed by atoms with Gasteiger partial charge in [-0.2, -0.15) is 0 Å². The molecule has 0 amide bonds. The fraction of sp³-hybridized carbons (Fsp3) is 0.571. The Kier molecular flexibility index (Phi) is 3.71. The number of hydrogen-bond donors (Lipinski definition) is 0. The smallest absolute Gasteiger partial charge is 0.170 e. The van der Waals surface area contributed by atoms with E-state index in [1.165, 1.54) is 10.0 Å². The molecule has 0 atom stereocenters.